The average molecular weight is 469 g/mol. The Morgan fingerprint density at radius 1 is 0.912 bits per heavy atom. The van der Waals surface area contributed by atoms with E-state index >= 15 is 0 Å². The van der Waals surface area contributed by atoms with Crippen LogP contribution in [-0.2, 0) is 0 Å². The highest BCUT2D eigenvalue weighted by atomic mass is 16.3. The summed E-state index contributed by atoms with van der Waals surface area (Å²) in [6.07, 6.45) is 11.1. The van der Waals surface area contributed by atoms with Crippen molar-refractivity contribution in [3.63, 3.8) is 0 Å². The fourth-order valence-electron chi connectivity index (χ4n) is 11.4. The number of nitriles is 1. The molecule has 0 aromatic heterocycles. The Kier molecular flexibility index (Phi) is 5.69. The molecule has 34 heavy (non-hydrogen) atoms. The minimum atomic E-state index is -0.232. The molecule has 5 aliphatic carbocycles. The van der Waals surface area contributed by atoms with Crippen LogP contribution in [0.25, 0.3) is 0 Å². The minimum absolute atomic E-state index is 0.0474. The molecular weight excluding hydrogens is 420 g/mol. The summed E-state index contributed by atoms with van der Waals surface area (Å²) in [5, 5.41) is 30.9. The van der Waals surface area contributed by atoms with Gasteiger partial charge in [-0.05, 0) is 116 Å². The van der Waals surface area contributed by atoms with Gasteiger partial charge in [0.2, 0.25) is 0 Å². The molecule has 4 N–H and O–H groups in total. The molecule has 11 atom stereocenters. The fraction of sp³-hybridized carbons (Fsp3) is 0.900. The van der Waals surface area contributed by atoms with Crippen LogP contribution in [0.5, 0.6) is 0 Å². The van der Waals surface area contributed by atoms with Crippen molar-refractivity contribution in [1.29, 1.82) is 5.26 Å². The van der Waals surface area contributed by atoms with Crippen LogP contribution >= 0.6 is 0 Å². The number of aliphatic hydroxyl groups excluding tert-OH is 2. The third-order valence-corrected chi connectivity index (χ3v) is 13.6. The Morgan fingerprint density at radius 3 is 2.29 bits per heavy atom. The molecule has 0 heterocycles. The van der Waals surface area contributed by atoms with Gasteiger partial charge in [-0.3, -0.25) is 0 Å². The molecular formula is C30H48N2O2. The number of nitrogens with two attached hydrogens (primary N) is 1. The maximum Gasteiger partial charge on any atom is 0.0693 e. The lowest BCUT2D eigenvalue weighted by molar-refractivity contribution is -0.239. The Labute approximate surface area is 207 Å². The Hall–Kier alpha value is -0.890. The summed E-state index contributed by atoms with van der Waals surface area (Å²) >= 11 is 0. The normalized spacial score (nSPS) is 56.4. The van der Waals surface area contributed by atoms with E-state index in [1.54, 1.807) is 0 Å². The monoisotopic (exact) mass is 468 g/mol. The van der Waals surface area contributed by atoms with Gasteiger partial charge in [0.1, 0.15) is 0 Å². The second-order valence-corrected chi connectivity index (χ2v) is 14.2. The molecule has 1 unspecified atom stereocenters. The van der Waals surface area contributed by atoms with Crippen LogP contribution in [0.15, 0.2) is 12.2 Å². The van der Waals surface area contributed by atoms with E-state index in [2.05, 4.69) is 40.3 Å². The lowest BCUT2D eigenvalue weighted by Gasteiger charge is -2.72. The van der Waals surface area contributed by atoms with E-state index in [1.165, 1.54) is 25.7 Å². The molecule has 190 valence electrons. The number of aliphatic hydroxyl groups is 2. The van der Waals surface area contributed by atoms with Gasteiger partial charge in [0.25, 0.3) is 0 Å². The Bertz CT molecular complexity index is 897. The molecule has 4 nitrogen and oxygen atoms in total. The number of fused-ring (bicyclic) bond motifs is 7. The lowest BCUT2D eigenvalue weighted by atomic mass is 9.32. The van der Waals surface area contributed by atoms with Gasteiger partial charge >= 0.3 is 0 Å². The Balaban J connectivity index is 1.55. The number of rotatable bonds is 3. The Morgan fingerprint density at radius 2 is 1.65 bits per heavy atom. The standard InChI is InChI=1S/C30H48N2O2/c1-19(16-33)20-8-13-30(17-31)15-14-28(4)21(25(20)30)6-7-23-26(2)11-10-24(32)27(3,18-34)22(26)9-12-29(23,28)5/h20-25,33-34H,1,6-16,18,32H2,2-5H3/t20-,21+,22+,23+,24?,25+,26-,27-,28+,29+,30+/m0/s1. The number of hydrogen-bond donors (Lipinski definition) is 3. The first-order chi connectivity index (χ1) is 16.0. The zero-order valence-corrected chi connectivity index (χ0v) is 22.1. The second kappa shape index (κ2) is 7.80. The first kappa shape index (κ1) is 24.8. The molecule has 0 aromatic rings. The van der Waals surface area contributed by atoms with Crippen molar-refractivity contribution in [3.05, 3.63) is 12.2 Å². The molecule has 5 fully saturated rings. The van der Waals surface area contributed by atoms with Crippen molar-refractivity contribution in [3.8, 4) is 6.07 Å². The molecule has 0 amide bonds. The van der Waals surface area contributed by atoms with Crippen molar-refractivity contribution < 1.29 is 10.2 Å². The molecule has 0 radical (unpaired) electrons. The van der Waals surface area contributed by atoms with Crippen molar-refractivity contribution >= 4 is 0 Å². The van der Waals surface area contributed by atoms with Crippen molar-refractivity contribution in [1.82, 2.24) is 0 Å². The summed E-state index contributed by atoms with van der Waals surface area (Å²) in [6, 6.07) is 2.92. The quantitative estimate of drug-likeness (QED) is 0.481. The largest absolute Gasteiger partial charge is 0.396 e. The first-order valence-electron chi connectivity index (χ1n) is 14.0. The minimum Gasteiger partial charge on any atom is -0.396 e. The van der Waals surface area contributed by atoms with Crippen LogP contribution in [0.4, 0.5) is 0 Å². The zero-order valence-electron chi connectivity index (χ0n) is 22.1. The third kappa shape index (κ3) is 2.81. The smallest absolute Gasteiger partial charge is 0.0693 e. The molecule has 5 saturated carbocycles. The molecule has 0 aromatic carbocycles. The predicted molar refractivity (Wildman–Crippen MR) is 135 cm³/mol. The van der Waals surface area contributed by atoms with Gasteiger partial charge in [-0.25, -0.2) is 0 Å². The van der Waals surface area contributed by atoms with E-state index in [4.69, 9.17) is 5.73 Å². The van der Waals surface area contributed by atoms with E-state index in [9.17, 15) is 15.5 Å². The van der Waals surface area contributed by atoms with Gasteiger partial charge in [0.05, 0.1) is 24.7 Å². The molecule has 0 spiro atoms. The fourth-order valence-corrected chi connectivity index (χ4v) is 11.4. The topological polar surface area (TPSA) is 90.3 Å². The van der Waals surface area contributed by atoms with Crippen LogP contribution in [-0.4, -0.2) is 29.5 Å². The van der Waals surface area contributed by atoms with Crippen LogP contribution in [0.2, 0.25) is 0 Å². The summed E-state index contributed by atoms with van der Waals surface area (Å²) in [5.74, 6) is 2.25. The lowest BCUT2D eigenvalue weighted by Crippen LogP contribution is -2.68. The molecule has 0 aliphatic heterocycles. The van der Waals surface area contributed by atoms with Crippen LogP contribution in [0.3, 0.4) is 0 Å². The molecule has 4 heteroatoms. The number of hydrogen-bond acceptors (Lipinski definition) is 4. The predicted octanol–water partition coefficient (Wildman–Crippen LogP) is 5.44. The maximum atomic E-state index is 10.5. The molecule has 5 aliphatic rings. The van der Waals surface area contributed by atoms with E-state index in [-0.39, 0.29) is 52.2 Å². The third-order valence-electron chi connectivity index (χ3n) is 13.6. The summed E-state index contributed by atoms with van der Waals surface area (Å²) in [6.45, 7) is 14.5. The van der Waals surface area contributed by atoms with Gasteiger partial charge in [-0.15, -0.1) is 0 Å². The highest BCUT2D eigenvalue weighted by molar-refractivity contribution is 5.25. The van der Waals surface area contributed by atoms with Crippen LogP contribution in [0, 0.1) is 68.0 Å². The molecule has 0 saturated heterocycles. The number of nitrogens with zero attached hydrogens (tertiary/aromatic N) is 1. The second-order valence-electron chi connectivity index (χ2n) is 14.2. The highest BCUT2D eigenvalue weighted by Gasteiger charge is 2.71. The van der Waals surface area contributed by atoms with E-state index in [0.717, 1.165) is 44.1 Å². The molecule has 0 bridgehead atoms. The van der Waals surface area contributed by atoms with Gasteiger partial charge < -0.3 is 15.9 Å². The van der Waals surface area contributed by atoms with Crippen LogP contribution in [0.1, 0.15) is 91.9 Å². The van der Waals surface area contributed by atoms with Crippen LogP contribution < -0.4 is 5.73 Å². The zero-order chi connectivity index (χ0) is 24.7. The van der Waals surface area contributed by atoms with Crippen molar-refractivity contribution in [2.75, 3.05) is 13.2 Å². The van der Waals surface area contributed by atoms with E-state index in [1.807, 2.05) is 0 Å². The summed E-state index contributed by atoms with van der Waals surface area (Å²) in [4.78, 5) is 0. The van der Waals surface area contributed by atoms with Crippen molar-refractivity contribution in [2.24, 2.45) is 62.4 Å². The average Bonchev–Trinajstić information content (AvgIpc) is 3.22. The summed E-state index contributed by atoms with van der Waals surface area (Å²) in [5.41, 5.74) is 7.82. The SMILES string of the molecule is C=C(CO)[C@@H]1CC[C@]2(C#N)CC[C@]3(C)[C@H](CC[C@@H]4[C@@]5(C)CCC(N)[C@@](C)(CO)[C@@H]5CC[C@]43C)[C@@H]12. The maximum absolute atomic E-state index is 10.5. The van der Waals surface area contributed by atoms with Crippen molar-refractivity contribution in [2.45, 2.75) is 97.9 Å². The summed E-state index contributed by atoms with van der Waals surface area (Å²) < 4.78 is 0. The van der Waals surface area contributed by atoms with Gasteiger partial charge in [-0.2, -0.15) is 5.26 Å². The molecule has 5 rings (SSSR count). The van der Waals surface area contributed by atoms with Gasteiger partial charge in [0, 0.05) is 11.5 Å². The van der Waals surface area contributed by atoms with Gasteiger partial charge in [0.15, 0.2) is 0 Å². The first-order valence-corrected chi connectivity index (χ1v) is 14.0. The van der Waals surface area contributed by atoms with Gasteiger partial charge in [-0.1, -0.05) is 34.3 Å². The van der Waals surface area contributed by atoms with E-state index in [0.29, 0.717) is 23.7 Å². The van der Waals surface area contributed by atoms with E-state index < -0.39 is 0 Å². The summed E-state index contributed by atoms with van der Waals surface area (Å²) in [7, 11) is 0. The highest BCUT2D eigenvalue weighted by Crippen LogP contribution is 2.77.